The van der Waals surface area contributed by atoms with E-state index >= 15 is 0 Å². The van der Waals surface area contributed by atoms with Gasteiger partial charge in [-0.15, -0.1) is 0 Å². The first-order chi connectivity index (χ1) is 9.12. The van der Waals surface area contributed by atoms with E-state index in [4.69, 9.17) is 0 Å². The summed E-state index contributed by atoms with van der Waals surface area (Å²) >= 11 is 0. The second-order valence-electron chi connectivity index (χ2n) is 5.11. The second-order valence-corrected chi connectivity index (χ2v) is 5.11. The first-order valence-corrected chi connectivity index (χ1v) is 6.51. The molecule has 0 saturated heterocycles. The molecule has 5 heteroatoms. The number of hydrogen-bond donors (Lipinski definition) is 2. The Kier molecular flexibility index (Phi) is 4.14. The second kappa shape index (κ2) is 5.82. The summed E-state index contributed by atoms with van der Waals surface area (Å²) in [4.78, 5) is 27.2. The van der Waals surface area contributed by atoms with Gasteiger partial charge in [0.1, 0.15) is 0 Å². The van der Waals surface area contributed by atoms with E-state index in [1.165, 1.54) is 0 Å². The Bertz CT molecular complexity index is 453. The summed E-state index contributed by atoms with van der Waals surface area (Å²) in [7, 11) is 0. The van der Waals surface area contributed by atoms with Crippen LogP contribution in [-0.2, 0) is 16.1 Å². The van der Waals surface area contributed by atoms with E-state index < -0.39 is 11.4 Å². The van der Waals surface area contributed by atoms with Gasteiger partial charge in [0.05, 0.1) is 5.41 Å². The number of carboxylic acids is 1. The van der Waals surface area contributed by atoms with E-state index in [2.05, 4.69) is 10.3 Å². The maximum atomic E-state index is 11.9. The highest BCUT2D eigenvalue weighted by Crippen LogP contribution is 2.41. The van der Waals surface area contributed by atoms with Gasteiger partial charge in [0.2, 0.25) is 5.91 Å². The third kappa shape index (κ3) is 3.30. The molecule has 102 valence electrons. The van der Waals surface area contributed by atoms with Crippen molar-refractivity contribution in [1.29, 1.82) is 0 Å². The third-order valence-electron chi connectivity index (χ3n) is 3.73. The van der Waals surface area contributed by atoms with Crippen LogP contribution in [0.2, 0.25) is 0 Å². The molecule has 1 amide bonds. The predicted molar refractivity (Wildman–Crippen MR) is 69.2 cm³/mol. The minimum atomic E-state index is -0.848. The first kappa shape index (κ1) is 13.5. The molecule has 1 aromatic rings. The van der Waals surface area contributed by atoms with Gasteiger partial charge in [-0.05, 0) is 24.5 Å². The van der Waals surface area contributed by atoms with E-state index in [0.717, 1.165) is 18.4 Å². The molecule has 0 aliphatic heterocycles. The maximum absolute atomic E-state index is 11.9. The van der Waals surface area contributed by atoms with E-state index in [1.54, 1.807) is 18.5 Å². The summed E-state index contributed by atoms with van der Waals surface area (Å²) in [5, 5.41) is 12.1. The molecule has 19 heavy (non-hydrogen) atoms. The van der Waals surface area contributed by atoms with Crippen LogP contribution in [0.3, 0.4) is 0 Å². The third-order valence-corrected chi connectivity index (χ3v) is 3.73. The normalized spacial score (nSPS) is 17.1. The van der Waals surface area contributed by atoms with Crippen molar-refractivity contribution in [3.8, 4) is 0 Å². The number of rotatable bonds is 5. The van der Waals surface area contributed by atoms with Crippen LogP contribution in [0.4, 0.5) is 0 Å². The zero-order valence-corrected chi connectivity index (χ0v) is 10.8. The topological polar surface area (TPSA) is 79.3 Å². The van der Waals surface area contributed by atoms with Crippen LogP contribution >= 0.6 is 0 Å². The Balaban J connectivity index is 1.88. The molecule has 0 bridgehead atoms. The molecular weight excluding hydrogens is 244 g/mol. The molecule has 1 aromatic heterocycles. The lowest BCUT2D eigenvalue weighted by Gasteiger charge is -2.22. The van der Waals surface area contributed by atoms with Crippen molar-refractivity contribution >= 4 is 11.9 Å². The fourth-order valence-corrected chi connectivity index (χ4v) is 2.59. The lowest BCUT2D eigenvalue weighted by molar-refractivity contribution is -0.151. The van der Waals surface area contributed by atoms with Crippen molar-refractivity contribution in [2.24, 2.45) is 5.41 Å². The maximum Gasteiger partial charge on any atom is 0.310 e. The van der Waals surface area contributed by atoms with Crippen molar-refractivity contribution in [2.75, 3.05) is 0 Å². The number of hydrogen-bond acceptors (Lipinski definition) is 3. The summed E-state index contributed by atoms with van der Waals surface area (Å²) in [5.41, 5.74) is 0.0607. The Labute approximate surface area is 112 Å². The number of nitrogens with zero attached hydrogens (tertiary/aromatic N) is 1. The van der Waals surface area contributed by atoms with Gasteiger partial charge in [0, 0.05) is 25.4 Å². The smallest absolute Gasteiger partial charge is 0.310 e. The van der Waals surface area contributed by atoms with Gasteiger partial charge < -0.3 is 10.4 Å². The number of carbonyl (C=O) groups excluding carboxylic acids is 1. The summed E-state index contributed by atoms with van der Waals surface area (Å²) in [6.07, 6.45) is 6.41. The molecule has 0 aromatic carbocycles. The largest absolute Gasteiger partial charge is 0.481 e. The summed E-state index contributed by atoms with van der Waals surface area (Å²) in [6, 6.07) is 3.67. The quantitative estimate of drug-likeness (QED) is 0.847. The minimum Gasteiger partial charge on any atom is -0.481 e. The van der Waals surface area contributed by atoms with E-state index in [1.807, 2.05) is 6.07 Å². The van der Waals surface area contributed by atoms with Gasteiger partial charge in [0.25, 0.3) is 0 Å². The Morgan fingerprint density at radius 1 is 1.37 bits per heavy atom. The van der Waals surface area contributed by atoms with Crippen LogP contribution in [0.15, 0.2) is 24.5 Å². The zero-order chi connectivity index (χ0) is 13.7. The van der Waals surface area contributed by atoms with Crippen molar-refractivity contribution in [2.45, 2.75) is 38.6 Å². The Hall–Kier alpha value is -1.91. The van der Waals surface area contributed by atoms with Crippen molar-refractivity contribution < 1.29 is 14.7 Å². The summed E-state index contributed by atoms with van der Waals surface area (Å²) < 4.78 is 0. The summed E-state index contributed by atoms with van der Waals surface area (Å²) in [5.74, 6) is -1.05. The number of aromatic nitrogens is 1. The van der Waals surface area contributed by atoms with Crippen LogP contribution in [0, 0.1) is 5.41 Å². The van der Waals surface area contributed by atoms with Crippen LogP contribution in [0.25, 0.3) is 0 Å². The van der Waals surface area contributed by atoms with Crippen LogP contribution < -0.4 is 5.32 Å². The van der Waals surface area contributed by atoms with Gasteiger partial charge in [-0.2, -0.15) is 0 Å². The summed E-state index contributed by atoms with van der Waals surface area (Å²) in [6.45, 7) is 0.391. The Morgan fingerprint density at radius 3 is 2.68 bits per heavy atom. The molecule has 1 heterocycles. The highest BCUT2D eigenvalue weighted by molar-refractivity contribution is 5.85. The van der Waals surface area contributed by atoms with Gasteiger partial charge in [-0.3, -0.25) is 14.6 Å². The lowest BCUT2D eigenvalue weighted by atomic mass is 9.82. The average Bonchev–Trinajstić information content (AvgIpc) is 2.87. The zero-order valence-electron chi connectivity index (χ0n) is 10.8. The fraction of sp³-hybridized carbons (Fsp3) is 0.500. The first-order valence-electron chi connectivity index (χ1n) is 6.51. The molecule has 2 rings (SSSR count). The molecule has 5 nitrogen and oxygen atoms in total. The molecule has 2 N–H and O–H groups in total. The standard InChI is InChI=1S/C14H18N2O3/c17-12(16-10-11-4-3-7-15-9-11)8-14(13(18)19)5-1-2-6-14/h3-4,7,9H,1-2,5-6,8,10H2,(H,16,17)(H,18,19). The Morgan fingerprint density at radius 2 is 2.11 bits per heavy atom. The number of carboxylic acid groups (broad SMARTS) is 1. The number of amides is 1. The molecule has 0 atom stereocenters. The number of aliphatic carboxylic acids is 1. The highest BCUT2D eigenvalue weighted by atomic mass is 16.4. The SMILES string of the molecule is O=C(CC1(C(=O)O)CCCC1)NCc1cccnc1. The van der Waals surface area contributed by atoms with Gasteiger partial charge in [0.15, 0.2) is 0 Å². The van der Waals surface area contributed by atoms with Gasteiger partial charge >= 0.3 is 5.97 Å². The van der Waals surface area contributed by atoms with E-state index in [-0.39, 0.29) is 12.3 Å². The van der Waals surface area contributed by atoms with Crippen molar-refractivity contribution in [3.63, 3.8) is 0 Å². The minimum absolute atomic E-state index is 0.0720. The van der Waals surface area contributed by atoms with Crippen LogP contribution in [0.1, 0.15) is 37.7 Å². The molecular formula is C14H18N2O3. The van der Waals surface area contributed by atoms with Crippen molar-refractivity contribution in [1.82, 2.24) is 10.3 Å². The predicted octanol–water partition coefficient (Wildman–Crippen LogP) is 1.73. The number of pyridine rings is 1. The van der Waals surface area contributed by atoms with Crippen molar-refractivity contribution in [3.05, 3.63) is 30.1 Å². The molecule has 1 aliphatic rings. The molecule has 0 spiro atoms. The van der Waals surface area contributed by atoms with Crippen LogP contribution in [0.5, 0.6) is 0 Å². The highest BCUT2D eigenvalue weighted by Gasteiger charge is 2.42. The monoisotopic (exact) mass is 262 g/mol. The average molecular weight is 262 g/mol. The molecule has 1 aliphatic carbocycles. The number of carbonyl (C=O) groups is 2. The molecule has 1 saturated carbocycles. The van der Waals surface area contributed by atoms with Crippen LogP contribution in [-0.4, -0.2) is 22.0 Å². The lowest BCUT2D eigenvalue weighted by Crippen LogP contribution is -2.35. The number of nitrogens with one attached hydrogen (secondary N) is 1. The fourth-order valence-electron chi connectivity index (χ4n) is 2.59. The van der Waals surface area contributed by atoms with Gasteiger partial charge in [-0.25, -0.2) is 0 Å². The van der Waals surface area contributed by atoms with E-state index in [9.17, 15) is 14.7 Å². The molecule has 1 fully saturated rings. The van der Waals surface area contributed by atoms with E-state index in [0.29, 0.717) is 19.4 Å². The molecule has 0 radical (unpaired) electrons. The van der Waals surface area contributed by atoms with Gasteiger partial charge in [-0.1, -0.05) is 18.9 Å². The molecule has 0 unspecified atom stereocenters.